The third-order valence-electron chi connectivity index (χ3n) is 4.31. The van der Waals surface area contributed by atoms with Crippen molar-refractivity contribution >= 4 is 0 Å². The van der Waals surface area contributed by atoms with E-state index in [1.807, 2.05) is 37.5 Å². The van der Waals surface area contributed by atoms with Gasteiger partial charge in [-0.15, -0.1) is 10.2 Å². The topological polar surface area (TPSA) is 77.2 Å². The molecule has 0 spiro atoms. The molecule has 26 heavy (non-hydrogen) atoms. The van der Waals surface area contributed by atoms with Gasteiger partial charge in [-0.1, -0.05) is 37.3 Å². The molecule has 132 valence electrons. The molecule has 0 bridgehead atoms. The van der Waals surface area contributed by atoms with E-state index in [1.165, 1.54) is 0 Å². The number of nitrogens with one attached hydrogen (secondary N) is 1. The van der Waals surface area contributed by atoms with Crippen LogP contribution < -0.4 is 0 Å². The van der Waals surface area contributed by atoms with Crippen molar-refractivity contribution < 1.29 is 0 Å². The number of aryl methyl sites for hydroxylation is 2. The standard InChI is InChI=1S/C19H21N7/c1-3-9-25-13-21-24-17(25)11-26-12-20-18(15-7-5-4-6-8-15)19(26)16-10-14(2)22-23-16/h4-8,10,12-13H,3,9,11H2,1-2H3,(H,22,23). The molecule has 3 heterocycles. The Labute approximate surface area is 151 Å². The van der Waals surface area contributed by atoms with E-state index in [0.717, 1.165) is 47.1 Å². The lowest BCUT2D eigenvalue weighted by Crippen LogP contribution is -2.09. The van der Waals surface area contributed by atoms with Crippen LogP contribution in [0.2, 0.25) is 0 Å². The zero-order valence-electron chi connectivity index (χ0n) is 14.9. The Morgan fingerprint density at radius 1 is 1.08 bits per heavy atom. The Morgan fingerprint density at radius 2 is 1.92 bits per heavy atom. The molecule has 3 aromatic heterocycles. The number of benzene rings is 1. The van der Waals surface area contributed by atoms with Crippen LogP contribution in [0.1, 0.15) is 24.9 Å². The van der Waals surface area contributed by atoms with Gasteiger partial charge in [-0.2, -0.15) is 5.10 Å². The van der Waals surface area contributed by atoms with Gasteiger partial charge in [0.05, 0.1) is 24.3 Å². The van der Waals surface area contributed by atoms with Crippen LogP contribution in [-0.2, 0) is 13.1 Å². The molecule has 0 fully saturated rings. The average molecular weight is 347 g/mol. The molecular formula is C19H21N7. The smallest absolute Gasteiger partial charge is 0.152 e. The van der Waals surface area contributed by atoms with E-state index in [-0.39, 0.29) is 0 Å². The van der Waals surface area contributed by atoms with E-state index in [1.54, 1.807) is 6.33 Å². The number of H-pyrrole nitrogens is 1. The predicted molar refractivity (Wildman–Crippen MR) is 99.4 cm³/mol. The minimum atomic E-state index is 0.598. The van der Waals surface area contributed by atoms with Gasteiger partial charge in [0.15, 0.2) is 5.82 Å². The number of aromatic amines is 1. The summed E-state index contributed by atoms with van der Waals surface area (Å²) >= 11 is 0. The monoisotopic (exact) mass is 347 g/mol. The Morgan fingerprint density at radius 3 is 2.65 bits per heavy atom. The quantitative estimate of drug-likeness (QED) is 0.580. The Balaban J connectivity index is 1.80. The van der Waals surface area contributed by atoms with Crippen molar-refractivity contribution in [3.8, 4) is 22.6 Å². The first-order valence-corrected chi connectivity index (χ1v) is 8.76. The van der Waals surface area contributed by atoms with Gasteiger partial charge in [-0.05, 0) is 19.4 Å². The highest BCUT2D eigenvalue weighted by Crippen LogP contribution is 2.30. The first kappa shape index (κ1) is 16.3. The van der Waals surface area contributed by atoms with Gasteiger partial charge < -0.3 is 9.13 Å². The largest absolute Gasteiger partial charge is 0.321 e. The van der Waals surface area contributed by atoms with Crippen molar-refractivity contribution in [1.29, 1.82) is 0 Å². The lowest BCUT2D eigenvalue weighted by molar-refractivity contribution is 0.613. The number of hydrogen-bond acceptors (Lipinski definition) is 4. The Hall–Kier alpha value is -3.22. The molecule has 0 saturated carbocycles. The van der Waals surface area contributed by atoms with Crippen LogP contribution in [0, 0.1) is 6.92 Å². The molecule has 0 amide bonds. The first-order valence-electron chi connectivity index (χ1n) is 8.76. The van der Waals surface area contributed by atoms with E-state index in [0.29, 0.717) is 6.54 Å². The molecule has 0 saturated heterocycles. The molecule has 0 atom stereocenters. The number of hydrogen-bond donors (Lipinski definition) is 1. The zero-order chi connectivity index (χ0) is 17.9. The molecule has 1 aromatic carbocycles. The van der Waals surface area contributed by atoms with Crippen LogP contribution in [0.5, 0.6) is 0 Å². The zero-order valence-corrected chi connectivity index (χ0v) is 14.9. The Bertz CT molecular complexity index is 994. The summed E-state index contributed by atoms with van der Waals surface area (Å²) in [4.78, 5) is 4.68. The van der Waals surface area contributed by atoms with E-state index >= 15 is 0 Å². The highest BCUT2D eigenvalue weighted by atomic mass is 15.3. The van der Waals surface area contributed by atoms with Gasteiger partial charge >= 0.3 is 0 Å². The highest BCUT2D eigenvalue weighted by molar-refractivity contribution is 5.76. The lowest BCUT2D eigenvalue weighted by atomic mass is 10.1. The summed E-state index contributed by atoms with van der Waals surface area (Å²) in [5, 5.41) is 15.8. The lowest BCUT2D eigenvalue weighted by Gasteiger charge is -2.09. The third kappa shape index (κ3) is 3.03. The van der Waals surface area contributed by atoms with Crippen LogP contribution in [-0.4, -0.2) is 34.5 Å². The number of aromatic nitrogens is 7. The summed E-state index contributed by atoms with van der Waals surface area (Å²) in [7, 11) is 0. The third-order valence-corrected chi connectivity index (χ3v) is 4.31. The van der Waals surface area contributed by atoms with Crippen LogP contribution in [0.4, 0.5) is 0 Å². The Kier molecular flexibility index (Phi) is 4.35. The van der Waals surface area contributed by atoms with Crippen molar-refractivity contribution in [2.75, 3.05) is 0 Å². The summed E-state index contributed by atoms with van der Waals surface area (Å²) in [6.07, 6.45) is 4.68. The summed E-state index contributed by atoms with van der Waals surface area (Å²) in [5.41, 5.74) is 4.85. The van der Waals surface area contributed by atoms with Gasteiger partial charge in [0, 0.05) is 17.8 Å². The fraction of sp³-hybridized carbons (Fsp3) is 0.263. The van der Waals surface area contributed by atoms with Gasteiger partial charge in [0.25, 0.3) is 0 Å². The molecule has 0 unspecified atom stereocenters. The molecule has 0 aliphatic rings. The van der Waals surface area contributed by atoms with Crippen LogP contribution in [0.25, 0.3) is 22.6 Å². The van der Waals surface area contributed by atoms with E-state index < -0.39 is 0 Å². The molecule has 4 aromatic rings. The number of rotatable bonds is 6. The van der Waals surface area contributed by atoms with Crippen molar-refractivity contribution in [3.05, 3.63) is 60.6 Å². The summed E-state index contributed by atoms with van der Waals surface area (Å²) < 4.78 is 4.18. The van der Waals surface area contributed by atoms with Crippen molar-refractivity contribution in [3.63, 3.8) is 0 Å². The normalized spacial score (nSPS) is 11.2. The van der Waals surface area contributed by atoms with Crippen LogP contribution in [0.15, 0.2) is 49.1 Å². The molecule has 7 nitrogen and oxygen atoms in total. The highest BCUT2D eigenvalue weighted by Gasteiger charge is 2.18. The van der Waals surface area contributed by atoms with Crippen LogP contribution >= 0.6 is 0 Å². The molecule has 4 rings (SSSR count). The van der Waals surface area contributed by atoms with E-state index in [9.17, 15) is 0 Å². The summed E-state index contributed by atoms with van der Waals surface area (Å²) in [6.45, 7) is 5.64. The van der Waals surface area contributed by atoms with Crippen molar-refractivity contribution in [2.45, 2.75) is 33.4 Å². The van der Waals surface area contributed by atoms with E-state index in [4.69, 9.17) is 0 Å². The second kappa shape index (κ2) is 6.95. The van der Waals surface area contributed by atoms with Gasteiger partial charge in [0.2, 0.25) is 0 Å². The minimum absolute atomic E-state index is 0.598. The number of nitrogens with zero attached hydrogens (tertiary/aromatic N) is 6. The van der Waals surface area contributed by atoms with Gasteiger partial charge in [0.1, 0.15) is 12.0 Å². The molecule has 7 heteroatoms. The molecule has 0 aliphatic heterocycles. The second-order valence-electron chi connectivity index (χ2n) is 6.31. The number of imidazole rings is 1. The second-order valence-corrected chi connectivity index (χ2v) is 6.31. The predicted octanol–water partition coefficient (Wildman–Crippen LogP) is 3.30. The molecular weight excluding hydrogens is 326 g/mol. The molecule has 0 radical (unpaired) electrons. The molecule has 0 aliphatic carbocycles. The van der Waals surface area contributed by atoms with Crippen molar-refractivity contribution in [2.24, 2.45) is 0 Å². The van der Waals surface area contributed by atoms with Crippen LogP contribution in [0.3, 0.4) is 0 Å². The fourth-order valence-corrected chi connectivity index (χ4v) is 3.10. The summed E-state index contributed by atoms with van der Waals surface area (Å²) in [6, 6.07) is 12.2. The fourth-order valence-electron chi connectivity index (χ4n) is 3.10. The van der Waals surface area contributed by atoms with Gasteiger partial charge in [-0.25, -0.2) is 4.98 Å². The van der Waals surface area contributed by atoms with E-state index in [2.05, 4.69) is 53.6 Å². The molecule has 1 N–H and O–H groups in total. The van der Waals surface area contributed by atoms with Gasteiger partial charge in [-0.3, -0.25) is 5.10 Å². The average Bonchev–Trinajstić information content (AvgIpc) is 3.37. The maximum Gasteiger partial charge on any atom is 0.152 e. The van der Waals surface area contributed by atoms with Crippen molar-refractivity contribution in [1.82, 2.24) is 34.5 Å². The SMILES string of the molecule is CCCn1cnnc1Cn1cnc(-c2ccccc2)c1-c1cc(C)[nH]n1. The minimum Gasteiger partial charge on any atom is -0.321 e. The first-order chi connectivity index (χ1) is 12.8. The summed E-state index contributed by atoms with van der Waals surface area (Å²) in [5.74, 6) is 0.914. The maximum atomic E-state index is 4.68. The maximum absolute atomic E-state index is 4.68.